The molecule has 98 valence electrons. The fraction of sp³-hybridized carbons (Fsp3) is 0.462. The molecule has 0 atom stereocenters. The first-order chi connectivity index (χ1) is 8.54. The number of aromatic carboxylic acids is 1. The molecule has 0 unspecified atom stereocenters. The van der Waals surface area contributed by atoms with Crippen molar-refractivity contribution in [2.75, 3.05) is 20.1 Å². The second-order valence-electron chi connectivity index (χ2n) is 4.60. The topological polar surface area (TPSA) is 49.8 Å². The molecule has 1 heterocycles. The van der Waals surface area contributed by atoms with Crippen LogP contribution in [-0.2, 0) is 0 Å². The smallest absolute Gasteiger partial charge is 0.335 e. The second-order valence-corrected chi connectivity index (χ2v) is 5.52. The molecule has 1 fully saturated rings. The number of halogens is 1. The number of carboxylic acids is 1. The average Bonchev–Trinajstić information content (AvgIpc) is 2.31. The highest BCUT2D eigenvalue weighted by Crippen LogP contribution is 2.24. The van der Waals surface area contributed by atoms with E-state index in [1.165, 1.54) is 0 Å². The number of benzene rings is 1. The zero-order chi connectivity index (χ0) is 13.1. The van der Waals surface area contributed by atoms with Crippen molar-refractivity contribution in [1.82, 2.24) is 4.90 Å². The summed E-state index contributed by atoms with van der Waals surface area (Å²) in [6.07, 6.45) is 2.13. The number of hydrogen-bond acceptors (Lipinski definition) is 3. The Balaban J connectivity index is 2.07. The molecule has 1 saturated heterocycles. The maximum Gasteiger partial charge on any atom is 0.335 e. The van der Waals surface area contributed by atoms with E-state index >= 15 is 0 Å². The van der Waals surface area contributed by atoms with Gasteiger partial charge < -0.3 is 14.7 Å². The van der Waals surface area contributed by atoms with E-state index in [4.69, 9.17) is 9.84 Å². The summed E-state index contributed by atoms with van der Waals surface area (Å²) in [4.78, 5) is 13.2. The van der Waals surface area contributed by atoms with Crippen LogP contribution < -0.4 is 4.74 Å². The van der Waals surface area contributed by atoms with Crippen molar-refractivity contribution >= 4 is 21.9 Å². The van der Waals surface area contributed by atoms with Crippen molar-refractivity contribution in [3.8, 4) is 5.75 Å². The van der Waals surface area contributed by atoms with Crippen LogP contribution in [0.15, 0.2) is 22.7 Å². The van der Waals surface area contributed by atoms with E-state index in [1.807, 2.05) is 6.07 Å². The highest BCUT2D eigenvalue weighted by Gasteiger charge is 2.18. The lowest BCUT2D eigenvalue weighted by molar-refractivity contribution is 0.0695. The Bertz CT molecular complexity index is 442. The van der Waals surface area contributed by atoms with Crippen LogP contribution in [0.5, 0.6) is 5.75 Å². The Morgan fingerprint density at radius 1 is 1.39 bits per heavy atom. The third-order valence-electron chi connectivity index (χ3n) is 3.09. The number of likely N-dealkylation sites (tertiary alicyclic amines) is 1. The number of rotatable bonds is 3. The molecule has 18 heavy (non-hydrogen) atoms. The van der Waals surface area contributed by atoms with Crippen molar-refractivity contribution in [3.63, 3.8) is 0 Å². The fourth-order valence-electron chi connectivity index (χ4n) is 2.05. The summed E-state index contributed by atoms with van der Waals surface area (Å²) >= 11 is 3.30. The SMILES string of the molecule is CN1CCC(Oc2cc(Br)cc(C(=O)O)c2)CC1. The molecule has 0 saturated carbocycles. The van der Waals surface area contributed by atoms with Crippen molar-refractivity contribution in [1.29, 1.82) is 0 Å². The molecular weight excluding hydrogens is 298 g/mol. The molecule has 0 radical (unpaired) electrons. The van der Waals surface area contributed by atoms with Crippen molar-refractivity contribution in [2.45, 2.75) is 18.9 Å². The molecule has 1 aliphatic heterocycles. The van der Waals surface area contributed by atoms with Gasteiger partial charge in [0.15, 0.2) is 0 Å². The van der Waals surface area contributed by atoms with Crippen molar-refractivity contribution in [3.05, 3.63) is 28.2 Å². The average molecular weight is 314 g/mol. The molecule has 0 aromatic heterocycles. The number of carboxylic acid groups (broad SMARTS) is 1. The first kappa shape index (κ1) is 13.4. The Morgan fingerprint density at radius 3 is 2.67 bits per heavy atom. The lowest BCUT2D eigenvalue weighted by Crippen LogP contribution is -2.35. The number of carbonyl (C=O) groups is 1. The third kappa shape index (κ3) is 3.46. The van der Waals surface area contributed by atoms with Crippen LogP contribution >= 0.6 is 15.9 Å². The van der Waals surface area contributed by atoms with Gasteiger partial charge in [-0.2, -0.15) is 0 Å². The Morgan fingerprint density at radius 2 is 2.06 bits per heavy atom. The highest BCUT2D eigenvalue weighted by atomic mass is 79.9. The summed E-state index contributed by atoms with van der Waals surface area (Å²) in [7, 11) is 2.10. The summed E-state index contributed by atoms with van der Waals surface area (Å²) < 4.78 is 6.58. The quantitative estimate of drug-likeness (QED) is 0.932. The van der Waals surface area contributed by atoms with Gasteiger partial charge >= 0.3 is 5.97 Å². The van der Waals surface area contributed by atoms with Gasteiger partial charge in [0.2, 0.25) is 0 Å². The molecule has 1 aromatic carbocycles. The number of hydrogen-bond donors (Lipinski definition) is 1. The summed E-state index contributed by atoms with van der Waals surface area (Å²) in [5.74, 6) is -0.319. The van der Waals surface area contributed by atoms with E-state index in [2.05, 4.69) is 27.9 Å². The van der Waals surface area contributed by atoms with Gasteiger partial charge in [0.25, 0.3) is 0 Å². The molecule has 0 amide bonds. The molecular formula is C13H16BrNO3. The van der Waals surface area contributed by atoms with Crippen LogP contribution in [0.25, 0.3) is 0 Å². The normalized spacial score (nSPS) is 17.7. The van der Waals surface area contributed by atoms with Crippen LogP contribution in [0.1, 0.15) is 23.2 Å². The van der Waals surface area contributed by atoms with Gasteiger partial charge in [0, 0.05) is 17.6 Å². The molecule has 0 bridgehead atoms. The van der Waals surface area contributed by atoms with E-state index in [9.17, 15) is 4.79 Å². The summed E-state index contributed by atoms with van der Waals surface area (Å²) in [5.41, 5.74) is 0.243. The van der Waals surface area contributed by atoms with E-state index in [0.29, 0.717) is 5.75 Å². The molecule has 0 aliphatic carbocycles. The largest absolute Gasteiger partial charge is 0.490 e. The van der Waals surface area contributed by atoms with E-state index in [0.717, 1.165) is 30.4 Å². The summed E-state index contributed by atoms with van der Waals surface area (Å²) in [5, 5.41) is 8.99. The minimum atomic E-state index is -0.940. The predicted octanol–water partition coefficient (Wildman–Crippen LogP) is 2.62. The minimum absolute atomic E-state index is 0.178. The van der Waals surface area contributed by atoms with E-state index in [1.54, 1.807) is 12.1 Å². The Kier molecular flexibility index (Phi) is 4.24. The third-order valence-corrected chi connectivity index (χ3v) is 3.54. The van der Waals surface area contributed by atoms with Gasteiger partial charge in [0.05, 0.1) is 5.56 Å². The Hall–Kier alpha value is -1.07. The molecule has 1 aliphatic rings. The molecule has 4 nitrogen and oxygen atoms in total. The molecule has 2 rings (SSSR count). The first-order valence-electron chi connectivity index (χ1n) is 5.93. The lowest BCUT2D eigenvalue weighted by Gasteiger charge is -2.29. The monoisotopic (exact) mass is 313 g/mol. The van der Waals surface area contributed by atoms with Gasteiger partial charge in [-0.3, -0.25) is 0 Å². The first-order valence-corrected chi connectivity index (χ1v) is 6.73. The van der Waals surface area contributed by atoms with Gasteiger partial charge in [-0.05, 0) is 38.1 Å². The number of nitrogens with zero attached hydrogens (tertiary/aromatic N) is 1. The molecule has 1 N–H and O–H groups in total. The minimum Gasteiger partial charge on any atom is -0.490 e. The van der Waals surface area contributed by atoms with Gasteiger partial charge in [-0.25, -0.2) is 4.79 Å². The van der Waals surface area contributed by atoms with E-state index in [-0.39, 0.29) is 11.7 Å². The number of piperidine rings is 1. The van der Waals surface area contributed by atoms with Crippen molar-refractivity contribution in [2.24, 2.45) is 0 Å². The maximum atomic E-state index is 11.0. The van der Waals surface area contributed by atoms with Crippen LogP contribution in [-0.4, -0.2) is 42.2 Å². The van der Waals surface area contributed by atoms with Crippen LogP contribution in [0.4, 0.5) is 0 Å². The van der Waals surface area contributed by atoms with Crippen molar-refractivity contribution < 1.29 is 14.6 Å². The van der Waals surface area contributed by atoms with Gasteiger partial charge in [0.1, 0.15) is 11.9 Å². The van der Waals surface area contributed by atoms with Crippen LogP contribution in [0.3, 0.4) is 0 Å². The molecule has 0 spiro atoms. The fourth-order valence-corrected chi connectivity index (χ4v) is 2.52. The molecule has 1 aromatic rings. The van der Waals surface area contributed by atoms with Gasteiger partial charge in [-0.15, -0.1) is 0 Å². The predicted molar refractivity (Wildman–Crippen MR) is 72.2 cm³/mol. The zero-order valence-corrected chi connectivity index (χ0v) is 11.8. The standard InChI is InChI=1S/C13H16BrNO3/c1-15-4-2-11(3-5-15)18-12-7-9(13(16)17)6-10(14)8-12/h6-8,11H,2-5H2,1H3,(H,16,17). The van der Waals surface area contributed by atoms with Gasteiger partial charge in [-0.1, -0.05) is 15.9 Å². The lowest BCUT2D eigenvalue weighted by atomic mass is 10.1. The molecule has 5 heteroatoms. The maximum absolute atomic E-state index is 11.0. The summed E-state index contributed by atoms with van der Waals surface area (Å²) in [6.45, 7) is 2.04. The number of ether oxygens (including phenoxy) is 1. The zero-order valence-electron chi connectivity index (χ0n) is 10.2. The van der Waals surface area contributed by atoms with Crippen LogP contribution in [0.2, 0.25) is 0 Å². The van der Waals surface area contributed by atoms with Crippen LogP contribution in [0, 0.1) is 0 Å². The second kappa shape index (κ2) is 5.71. The summed E-state index contributed by atoms with van der Waals surface area (Å²) in [6, 6.07) is 4.96. The highest BCUT2D eigenvalue weighted by molar-refractivity contribution is 9.10. The van der Waals surface area contributed by atoms with E-state index < -0.39 is 5.97 Å². The Labute approximate surface area is 115 Å².